The predicted molar refractivity (Wildman–Crippen MR) is 49.7 cm³/mol. The van der Waals surface area contributed by atoms with E-state index in [0.29, 0.717) is 6.54 Å². The first-order valence-corrected chi connectivity index (χ1v) is 4.96. The van der Waals surface area contributed by atoms with Crippen molar-refractivity contribution in [2.24, 2.45) is 10.8 Å². The molecule has 0 atom stereocenters. The van der Waals surface area contributed by atoms with Crippen LogP contribution in [0.1, 0.15) is 32.6 Å². The van der Waals surface area contributed by atoms with E-state index >= 15 is 0 Å². The van der Waals surface area contributed by atoms with Crippen LogP contribution in [0.4, 0.5) is 0 Å². The monoisotopic (exact) mass is 197 g/mol. The van der Waals surface area contributed by atoms with Gasteiger partial charge in [0.1, 0.15) is 0 Å². The summed E-state index contributed by atoms with van der Waals surface area (Å²) in [6.07, 6.45) is 3.22. The van der Waals surface area contributed by atoms with Crippen LogP contribution in [0.2, 0.25) is 0 Å². The van der Waals surface area contributed by atoms with Crippen LogP contribution >= 0.6 is 0 Å². The lowest BCUT2D eigenvalue weighted by atomic mass is 9.60. The summed E-state index contributed by atoms with van der Waals surface area (Å²) in [5.41, 5.74) is -0.345. The van der Waals surface area contributed by atoms with E-state index in [1.165, 1.54) is 6.92 Å². The molecule has 0 saturated heterocycles. The van der Waals surface area contributed by atoms with Gasteiger partial charge in [0.15, 0.2) is 0 Å². The van der Waals surface area contributed by atoms with Crippen molar-refractivity contribution in [2.75, 3.05) is 6.54 Å². The molecule has 2 N–H and O–H groups in total. The fourth-order valence-corrected chi connectivity index (χ4v) is 3.03. The number of carboxylic acids is 1. The molecule has 3 saturated carbocycles. The van der Waals surface area contributed by atoms with Gasteiger partial charge in [-0.15, -0.1) is 0 Å². The predicted octanol–water partition coefficient (Wildman–Crippen LogP) is 0.767. The molecule has 0 spiro atoms. The first-order chi connectivity index (χ1) is 6.48. The van der Waals surface area contributed by atoms with E-state index < -0.39 is 11.4 Å². The highest BCUT2D eigenvalue weighted by atomic mass is 16.4. The molecule has 0 aromatic carbocycles. The van der Waals surface area contributed by atoms with Gasteiger partial charge in [0.2, 0.25) is 5.91 Å². The average Bonchev–Trinajstić information content (AvgIpc) is 2.54. The summed E-state index contributed by atoms with van der Waals surface area (Å²) in [5, 5.41) is 11.8. The third-order valence-electron chi connectivity index (χ3n) is 3.73. The summed E-state index contributed by atoms with van der Waals surface area (Å²) in [6, 6.07) is 0. The van der Waals surface area contributed by atoms with Gasteiger partial charge in [-0.25, -0.2) is 0 Å². The van der Waals surface area contributed by atoms with Gasteiger partial charge in [0.05, 0.1) is 5.41 Å². The summed E-state index contributed by atoms with van der Waals surface area (Å²) < 4.78 is 0. The van der Waals surface area contributed by atoms with Crippen molar-refractivity contribution in [1.29, 1.82) is 0 Å². The zero-order chi connectivity index (χ0) is 10.4. The lowest BCUT2D eigenvalue weighted by Gasteiger charge is -2.44. The van der Waals surface area contributed by atoms with Gasteiger partial charge >= 0.3 is 5.97 Å². The Morgan fingerprint density at radius 1 is 1.36 bits per heavy atom. The first kappa shape index (κ1) is 9.49. The highest BCUT2D eigenvalue weighted by molar-refractivity contribution is 5.77. The molecule has 78 valence electrons. The third kappa shape index (κ3) is 1.21. The van der Waals surface area contributed by atoms with Gasteiger partial charge in [-0.2, -0.15) is 0 Å². The van der Waals surface area contributed by atoms with E-state index in [9.17, 15) is 9.59 Å². The van der Waals surface area contributed by atoms with Gasteiger partial charge < -0.3 is 10.4 Å². The van der Waals surface area contributed by atoms with Gasteiger partial charge in [-0.05, 0) is 31.1 Å². The van der Waals surface area contributed by atoms with E-state index in [-0.39, 0.29) is 11.3 Å². The molecule has 0 aliphatic heterocycles. The van der Waals surface area contributed by atoms with Crippen molar-refractivity contribution in [2.45, 2.75) is 32.6 Å². The van der Waals surface area contributed by atoms with Crippen molar-refractivity contribution in [1.82, 2.24) is 5.32 Å². The SMILES string of the molecule is CC(=O)NCC12CCC(C(=O)O)(C1)C2. The van der Waals surface area contributed by atoms with Crippen LogP contribution in [0.3, 0.4) is 0 Å². The minimum Gasteiger partial charge on any atom is -0.481 e. The van der Waals surface area contributed by atoms with Gasteiger partial charge in [-0.3, -0.25) is 9.59 Å². The molecule has 0 unspecified atom stereocenters. The summed E-state index contributed by atoms with van der Waals surface area (Å²) >= 11 is 0. The molecule has 2 bridgehead atoms. The van der Waals surface area contributed by atoms with E-state index in [1.54, 1.807) is 0 Å². The zero-order valence-corrected chi connectivity index (χ0v) is 8.30. The summed E-state index contributed by atoms with van der Waals surface area (Å²) in [5.74, 6) is -0.687. The molecule has 3 aliphatic rings. The Bertz CT molecular complexity index is 292. The van der Waals surface area contributed by atoms with Gasteiger partial charge in [0.25, 0.3) is 0 Å². The van der Waals surface area contributed by atoms with E-state index in [4.69, 9.17) is 5.11 Å². The minimum atomic E-state index is -0.659. The second-order valence-electron chi connectivity index (χ2n) is 4.85. The van der Waals surface area contributed by atoms with Gasteiger partial charge in [0, 0.05) is 13.5 Å². The van der Waals surface area contributed by atoms with Crippen LogP contribution in [0.5, 0.6) is 0 Å². The number of hydrogen-bond acceptors (Lipinski definition) is 2. The molecular weight excluding hydrogens is 182 g/mol. The van der Waals surface area contributed by atoms with Crippen molar-refractivity contribution in [3.63, 3.8) is 0 Å². The molecule has 3 rings (SSSR count). The number of nitrogens with one attached hydrogen (secondary N) is 1. The second kappa shape index (κ2) is 2.72. The molecule has 0 heterocycles. The minimum absolute atomic E-state index is 0.0286. The Hall–Kier alpha value is -1.06. The molecule has 1 amide bonds. The van der Waals surface area contributed by atoms with Crippen LogP contribution in [0.25, 0.3) is 0 Å². The molecule has 14 heavy (non-hydrogen) atoms. The maximum atomic E-state index is 11.0. The van der Waals surface area contributed by atoms with Crippen molar-refractivity contribution < 1.29 is 14.7 Å². The largest absolute Gasteiger partial charge is 0.481 e. The van der Waals surface area contributed by atoms with Crippen LogP contribution in [-0.2, 0) is 9.59 Å². The molecule has 3 fully saturated rings. The van der Waals surface area contributed by atoms with Crippen LogP contribution in [0, 0.1) is 10.8 Å². The van der Waals surface area contributed by atoms with Crippen LogP contribution in [0.15, 0.2) is 0 Å². The Balaban J connectivity index is 1.94. The Morgan fingerprint density at radius 3 is 2.43 bits per heavy atom. The summed E-state index contributed by atoms with van der Waals surface area (Å²) in [7, 11) is 0. The smallest absolute Gasteiger partial charge is 0.309 e. The Kier molecular flexibility index (Phi) is 1.84. The van der Waals surface area contributed by atoms with E-state index in [1.807, 2.05) is 0 Å². The molecule has 0 radical (unpaired) electrons. The Morgan fingerprint density at radius 2 is 2.00 bits per heavy atom. The number of carbonyl (C=O) groups is 2. The van der Waals surface area contributed by atoms with Crippen LogP contribution < -0.4 is 5.32 Å². The number of rotatable bonds is 3. The molecule has 0 aromatic heterocycles. The third-order valence-corrected chi connectivity index (χ3v) is 3.73. The fourth-order valence-electron chi connectivity index (χ4n) is 3.03. The standard InChI is InChI=1S/C10H15NO3/c1-7(12)11-6-9-2-3-10(4-9,5-9)8(13)14/h2-6H2,1H3,(H,11,12)(H,13,14). The lowest BCUT2D eigenvalue weighted by Crippen LogP contribution is -2.48. The number of carbonyl (C=O) groups excluding carboxylic acids is 1. The quantitative estimate of drug-likeness (QED) is 0.702. The number of aliphatic carboxylic acids is 1. The first-order valence-electron chi connectivity index (χ1n) is 4.96. The van der Waals surface area contributed by atoms with E-state index in [2.05, 4.69) is 5.32 Å². The van der Waals surface area contributed by atoms with Crippen molar-refractivity contribution in [3.8, 4) is 0 Å². The second-order valence-corrected chi connectivity index (χ2v) is 4.85. The zero-order valence-electron chi connectivity index (χ0n) is 8.30. The molecule has 4 heteroatoms. The summed E-state index contributed by atoms with van der Waals surface area (Å²) in [4.78, 5) is 21.7. The average molecular weight is 197 g/mol. The topological polar surface area (TPSA) is 66.4 Å². The maximum absolute atomic E-state index is 11.0. The fraction of sp³-hybridized carbons (Fsp3) is 0.800. The number of amides is 1. The highest BCUT2D eigenvalue weighted by Gasteiger charge is 2.64. The lowest BCUT2D eigenvalue weighted by molar-refractivity contribution is -0.156. The Labute approximate surface area is 82.7 Å². The normalized spacial score (nSPS) is 38.9. The number of fused-ring (bicyclic) bond motifs is 1. The summed E-state index contributed by atoms with van der Waals surface area (Å²) in [6.45, 7) is 2.14. The molecular formula is C10H15NO3. The maximum Gasteiger partial charge on any atom is 0.309 e. The molecule has 4 nitrogen and oxygen atoms in total. The van der Waals surface area contributed by atoms with Crippen molar-refractivity contribution in [3.05, 3.63) is 0 Å². The van der Waals surface area contributed by atoms with Crippen LogP contribution in [-0.4, -0.2) is 23.5 Å². The molecule has 0 aromatic rings. The molecule has 3 aliphatic carbocycles. The highest BCUT2D eigenvalue weighted by Crippen LogP contribution is 2.66. The van der Waals surface area contributed by atoms with Gasteiger partial charge in [-0.1, -0.05) is 0 Å². The van der Waals surface area contributed by atoms with E-state index in [0.717, 1.165) is 25.7 Å². The number of hydrogen-bond donors (Lipinski definition) is 2. The van der Waals surface area contributed by atoms with Crippen molar-refractivity contribution >= 4 is 11.9 Å². The number of carboxylic acid groups (broad SMARTS) is 1.